The maximum Gasteiger partial charge on any atom is 0.239 e. The number of hydrogen-bond donors (Lipinski definition) is 2. The normalized spacial score (nSPS) is 13.9. The summed E-state index contributed by atoms with van der Waals surface area (Å²) in [6, 6.07) is 11.4. The van der Waals surface area contributed by atoms with Gasteiger partial charge in [0.2, 0.25) is 5.91 Å². The SMILES string of the molecule is CCC(C)NC(C(N)=O)c1ccc(OC)c2ccccc12. The van der Waals surface area contributed by atoms with Crippen LogP contribution in [-0.4, -0.2) is 19.1 Å². The molecule has 4 heteroatoms. The predicted octanol–water partition coefficient (Wildman–Crippen LogP) is 2.76. The number of fused-ring (bicyclic) bond motifs is 1. The summed E-state index contributed by atoms with van der Waals surface area (Å²) in [4.78, 5) is 11.9. The third kappa shape index (κ3) is 3.16. The molecule has 2 aromatic rings. The van der Waals surface area contributed by atoms with Crippen LogP contribution in [0.5, 0.6) is 5.75 Å². The third-order valence-electron chi connectivity index (χ3n) is 3.80. The molecule has 1 amide bonds. The highest BCUT2D eigenvalue weighted by molar-refractivity contribution is 5.95. The lowest BCUT2D eigenvalue weighted by atomic mass is 9.97. The number of carbonyl (C=O) groups is 1. The molecule has 0 aliphatic heterocycles. The molecule has 4 nitrogen and oxygen atoms in total. The Morgan fingerprint density at radius 3 is 2.48 bits per heavy atom. The zero-order chi connectivity index (χ0) is 15.4. The van der Waals surface area contributed by atoms with Crippen LogP contribution in [0.25, 0.3) is 10.8 Å². The van der Waals surface area contributed by atoms with Crippen molar-refractivity contribution >= 4 is 16.7 Å². The van der Waals surface area contributed by atoms with Crippen molar-refractivity contribution in [3.63, 3.8) is 0 Å². The van der Waals surface area contributed by atoms with Crippen LogP contribution in [0.2, 0.25) is 0 Å². The summed E-state index contributed by atoms with van der Waals surface area (Å²) in [7, 11) is 1.64. The molecule has 0 saturated heterocycles. The van der Waals surface area contributed by atoms with Crippen molar-refractivity contribution in [3.05, 3.63) is 42.0 Å². The summed E-state index contributed by atoms with van der Waals surface area (Å²) in [5.41, 5.74) is 6.49. The van der Waals surface area contributed by atoms with E-state index in [-0.39, 0.29) is 11.9 Å². The number of ether oxygens (including phenoxy) is 1. The summed E-state index contributed by atoms with van der Waals surface area (Å²) in [6.45, 7) is 4.11. The second-order valence-electron chi connectivity index (χ2n) is 5.21. The van der Waals surface area contributed by atoms with E-state index in [1.807, 2.05) is 43.3 Å². The molecule has 0 fully saturated rings. The lowest BCUT2D eigenvalue weighted by Gasteiger charge is -2.22. The van der Waals surface area contributed by atoms with Gasteiger partial charge in [0.1, 0.15) is 11.8 Å². The standard InChI is InChI=1S/C17H22N2O2/c1-4-11(2)19-16(17(18)20)14-9-10-15(21-3)13-8-6-5-7-12(13)14/h5-11,16,19H,4H2,1-3H3,(H2,18,20). The minimum absolute atomic E-state index is 0.211. The Kier molecular flexibility index (Phi) is 4.81. The molecule has 21 heavy (non-hydrogen) atoms. The quantitative estimate of drug-likeness (QED) is 0.858. The van der Waals surface area contributed by atoms with Crippen LogP contribution in [0, 0.1) is 0 Å². The Morgan fingerprint density at radius 2 is 1.90 bits per heavy atom. The first-order valence-electron chi connectivity index (χ1n) is 7.19. The van der Waals surface area contributed by atoms with E-state index in [9.17, 15) is 4.79 Å². The first-order chi connectivity index (χ1) is 10.1. The lowest BCUT2D eigenvalue weighted by molar-refractivity contribution is -0.120. The summed E-state index contributed by atoms with van der Waals surface area (Å²) in [6.07, 6.45) is 0.928. The van der Waals surface area contributed by atoms with Gasteiger partial charge in [-0.15, -0.1) is 0 Å². The van der Waals surface area contributed by atoms with E-state index in [0.717, 1.165) is 28.5 Å². The van der Waals surface area contributed by atoms with Crippen LogP contribution in [0.1, 0.15) is 31.9 Å². The number of amides is 1. The summed E-state index contributed by atoms with van der Waals surface area (Å²) in [5, 5.41) is 5.26. The largest absolute Gasteiger partial charge is 0.496 e. The molecule has 0 spiro atoms. The van der Waals surface area contributed by atoms with E-state index >= 15 is 0 Å². The molecule has 112 valence electrons. The van der Waals surface area contributed by atoms with Crippen molar-refractivity contribution < 1.29 is 9.53 Å². The fourth-order valence-electron chi connectivity index (χ4n) is 2.45. The zero-order valence-electron chi connectivity index (χ0n) is 12.7. The van der Waals surface area contributed by atoms with Gasteiger partial charge in [-0.3, -0.25) is 10.1 Å². The molecule has 2 rings (SSSR count). The van der Waals surface area contributed by atoms with E-state index in [4.69, 9.17) is 10.5 Å². The molecule has 2 aromatic carbocycles. The molecule has 0 aromatic heterocycles. The maximum atomic E-state index is 11.9. The van der Waals surface area contributed by atoms with Crippen LogP contribution in [0.15, 0.2) is 36.4 Å². The highest BCUT2D eigenvalue weighted by Crippen LogP contribution is 2.31. The molecule has 0 aliphatic rings. The Morgan fingerprint density at radius 1 is 1.24 bits per heavy atom. The van der Waals surface area contributed by atoms with Crippen LogP contribution >= 0.6 is 0 Å². The molecule has 0 aliphatic carbocycles. The summed E-state index contributed by atoms with van der Waals surface area (Å²) < 4.78 is 5.39. The van der Waals surface area contributed by atoms with Gasteiger partial charge in [-0.05, 0) is 30.4 Å². The average Bonchev–Trinajstić information content (AvgIpc) is 2.51. The van der Waals surface area contributed by atoms with Crippen LogP contribution in [-0.2, 0) is 4.79 Å². The number of nitrogens with one attached hydrogen (secondary N) is 1. The molecule has 0 bridgehead atoms. The second kappa shape index (κ2) is 6.59. The monoisotopic (exact) mass is 286 g/mol. The number of rotatable bonds is 6. The maximum absolute atomic E-state index is 11.9. The van der Waals surface area contributed by atoms with Gasteiger partial charge in [-0.2, -0.15) is 0 Å². The van der Waals surface area contributed by atoms with Gasteiger partial charge in [0.05, 0.1) is 7.11 Å². The highest BCUT2D eigenvalue weighted by Gasteiger charge is 2.22. The average molecular weight is 286 g/mol. The summed E-state index contributed by atoms with van der Waals surface area (Å²) >= 11 is 0. The molecule has 0 heterocycles. The Labute approximate surface area is 125 Å². The van der Waals surface area contributed by atoms with Gasteiger partial charge in [0.15, 0.2) is 0 Å². The molecule has 3 N–H and O–H groups in total. The van der Waals surface area contributed by atoms with Gasteiger partial charge in [-0.1, -0.05) is 37.3 Å². The van der Waals surface area contributed by atoms with Gasteiger partial charge in [0.25, 0.3) is 0 Å². The molecule has 2 unspecified atom stereocenters. The fourth-order valence-corrected chi connectivity index (χ4v) is 2.45. The van der Waals surface area contributed by atoms with E-state index in [1.54, 1.807) is 7.11 Å². The smallest absolute Gasteiger partial charge is 0.239 e. The van der Waals surface area contributed by atoms with Crippen LogP contribution in [0.3, 0.4) is 0 Å². The number of primary amides is 1. The number of hydrogen-bond acceptors (Lipinski definition) is 3. The summed E-state index contributed by atoms with van der Waals surface area (Å²) in [5.74, 6) is 0.423. The van der Waals surface area contributed by atoms with E-state index in [0.29, 0.717) is 0 Å². The van der Waals surface area contributed by atoms with Crippen molar-refractivity contribution in [1.82, 2.24) is 5.32 Å². The number of benzene rings is 2. The number of nitrogens with two attached hydrogens (primary N) is 1. The van der Waals surface area contributed by atoms with Crippen LogP contribution < -0.4 is 15.8 Å². The van der Waals surface area contributed by atoms with Crippen molar-refractivity contribution in [2.45, 2.75) is 32.4 Å². The van der Waals surface area contributed by atoms with E-state index < -0.39 is 6.04 Å². The topological polar surface area (TPSA) is 64.3 Å². The number of carbonyl (C=O) groups excluding carboxylic acids is 1. The van der Waals surface area contributed by atoms with E-state index in [2.05, 4.69) is 12.2 Å². The van der Waals surface area contributed by atoms with Crippen LogP contribution in [0.4, 0.5) is 0 Å². The minimum Gasteiger partial charge on any atom is -0.496 e. The second-order valence-corrected chi connectivity index (χ2v) is 5.21. The van der Waals surface area contributed by atoms with Crippen molar-refractivity contribution in [2.24, 2.45) is 5.73 Å². The van der Waals surface area contributed by atoms with Crippen molar-refractivity contribution in [3.8, 4) is 5.75 Å². The van der Waals surface area contributed by atoms with E-state index in [1.165, 1.54) is 0 Å². The number of methoxy groups -OCH3 is 1. The first kappa shape index (κ1) is 15.3. The van der Waals surface area contributed by atoms with Gasteiger partial charge < -0.3 is 10.5 Å². The Bertz CT molecular complexity index is 640. The molecular formula is C17H22N2O2. The molecule has 0 radical (unpaired) electrons. The first-order valence-corrected chi connectivity index (χ1v) is 7.19. The zero-order valence-corrected chi connectivity index (χ0v) is 12.7. The van der Waals surface area contributed by atoms with Crippen molar-refractivity contribution in [1.29, 1.82) is 0 Å². The Hall–Kier alpha value is -2.07. The highest BCUT2D eigenvalue weighted by atomic mass is 16.5. The molecule has 2 atom stereocenters. The van der Waals surface area contributed by atoms with Gasteiger partial charge in [-0.25, -0.2) is 0 Å². The Balaban J connectivity index is 2.55. The lowest BCUT2D eigenvalue weighted by Crippen LogP contribution is -2.38. The van der Waals surface area contributed by atoms with Gasteiger partial charge in [0, 0.05) is 11.4 Å². The minimum atomic E-state index is -0.504. The molecule has 0 saturated carbocycles. The third-order valence-corrected chi connectivity index (χ3v) is 3.80. The van der Waals surface area contributed by atoms with Gasteiger partial charge >= 0.3 is 0 Å². The fraction of sp³-hybridized carbons (Fsp3) is 0.353. The van der Waals surface area contributed by atoms with Crippen molar-refractivity contribution in [2.75, 3.05) is 7.11 Å². The predicted molar refractivity (Wildman–Crippen MR) is 85.3 cm³/mol. The molecular weight excluding hydrogens is 264 g/mol.